The molecule has 3 fully saturated rings. The molecule has 134 valence electrons. The third-order valence-corrected chi connectivity index (χ3v) is 6.72. The van der Waals surface area contributed by atoms with E-state index in [0.29, 0.717) is 24.9 Å². The first kappa shape index (κ1) is 16.8. The van der Waals surface area contributed by atoms with Gasteiger partial charge in [0.2, 0.25) is 0 Å². The number of hydrogen-bond acceptors (Lipinski definition) is 4. The van der Waals surface area contributed by atoms with Crippen molar-refractivity contribution in [2.24, 2.45) is 23.2 Å². The molecule has 1 aromatic rings. The summed E-state index contributed by atoms with van der Waals surface area (Å²) in [7, 11) is 0. The van der Waals surface area contributed by atoms with Crippen LogP contribution in [0.2, 0.25) is 0 Å². The van der Waals surface area contributed by atoms with Gasteiger partial charge < -0.3 is 10.1 Å². The molecule has 0 unspecified atom stereocenters. The van der Waals surface area contributed by atoms with Gasteiger partial charge in [-0.2, -0.15) is 0 Å². The van der Waals surface area contributed by atoms with E-state index in [1.165, 1.54) is 18.4 Å². The van der Waals surface area contributed by atoms with Gasteiger partial charge in [0.1, 0.15) is 6.10 Å². The Kier molecular flexibility index (Phi) is 4.40. The van der Waals surface area contributed by atoms with E-state index in [1.54, 1.807) is 6.20 Å². The fourth-order valence-corrected chi connectivity index (χ4v) is 5.35. The van der Waals surface area contributed by atoms with Gasteiger partial charge in [-0.15, -0.1) is 0 Å². The number of pyridine rings is 1. The fourth-order valence-electron chi connectivity index (χ4n) is 5.35. The largest absolute Gasteiger partial charge is 0.462 e. The summed E-state index contributed by atoms with van der Waals surface area (Å²) in [6.07, 6.45) is 7.57. The molecule has 1 N–H and O–H groups in total. The van der Waals surface area contributed by atoms with E-state index in [2.05, 4.69) is 23.8 Å². The molecule has 2 aliphatic carbocycles. The number of fused-ring (bicyclic) bond motifs is 2. The monoisotopic (exact) mass is 340 g/mol. The molecule has 2 saturated carbocycles. The summed E-state index contributed by atoms with van der Waals surface area (Å²) in [5.74, 6) is 0.830. The molecule has 4 rings (SSSR count). The van der Waals surface area contributed by atoms with Crippen LogP contribution >= 0.6 is 0 Å². The zero-order valence-electron chi connectivity index (χ0n) is 15.0. The molecule has 0 spiro atoms. The Labute approximate surface area is 150 Å². The van der Waals surface area contributed by atoms with E-state index >= 15 is 0 Å². The highest BCUT2D eigenvalue weighted by Gasteiger charge is 2.54. The molecule has 1 aromatic heterocycles. The molecule has 1 saturated heterocycles. The maximum Gasteiger partial charge on any atom is 0.310 e. The van der Waals surface area contributed by atoms with Crippen LogP contribution < -0.4 is 5.32 Å². The SMILES string of the molecule is C=C1CCC[C@]2(C)C[C@H]3OC(=O)[C@@H](CNCc4ccccn4)[C@H]3C[C@@H]12. The Balaban J connectivity index is 1.42. The first-order valence-corrected chi connectivity index (χ1v) is 9.55. The van der Waals surface area contributed by atoms with Crippen molar-refractivity contribution in [2.45, 2.75) is 51.7 Å². The van der Waals surface area contributed by atoms with Gasteiger partial charge in [0.15, 0.2) is 0 Å². The van der Waals surface area contributed by atoms with Crippen LogP contribution in [0.4, 0.5) is 0 Å². The molecule has 0 bridgehead atoms. The van der Waals surface area contributed by atoms with Gasteiger partial charge in [0, 0.05) is 25.2 Å². The van der Waals surface area contributed by atoms with Crippen molar-refractivity contribution < 1.29 is 9.53 Å². The second-order valence-corrected chi connectivity index (χ2v) is 8.36. The van der Waals surface area contributed by atoms with E-state index in [-0.39, 0.29) is 23.4 Å². The summed E-state index contributed by atoms with van der Waals surface area (Å²) in [5, 5.41) is 3.41. The van der Waals surface area contributed by atoms with Crippen LogP contribution in [-0.4, -0.2) is 23.6 Å². The number of ether oxygens (including phenoxy) is 1. The van der Waals surface area contributed by atoms with E-state index < -0.39 is 0 Å². The predicted molar refractivity (Wildman–Crippen MR) is 96.6 cm³/mol. The zero-order valence-corrected chi connectivity index (χ0v) is 15.0. The molecular weight excluding hydrogens is 312 g/mol. The van der Waals surface area contributed by atoms with Crippen molar-refractivity contribution in [1.29, 1.82) is 0 Å². The lowest BCUT2D eigenvalue weighted by atomic mass is 9.55. The number of hydrogen-bond donors (Lipinski definition) is 1. The Morgan fingerprint density at radius 2 is 2.32 bits per heavy atom. The van der Waals surface area contributed by atoms with E-state index in [1.807, 2.05) is 18.2 Å². The number of rotatable bonds is 4. The second-order valence-electron chi connectivity index (χ2n) is 8.36. The van der Waals surface area contributed by atoms with Crippen LogP contribution in [0.5, 0.6) is 0 Å². The summed E-state index contributed by atoms with van der Waals surface area (Å²) in [6.45, 7) is 8.09. The van der Waals surface area contributed by atoms with Gasteiger partial charge in [-0.25, -0.2) is 0 Å². The minimum absolute atomic E-state index is 0.0172. The summed E-state index contributed by atoms with van der Waals surface area (Å²) in [6, 6.07) is 5.90. The summed E-state index contributed by atoms with van der Waals surface area (Å²) in [4.78, 5) is 16.8. The average Bonchev–Trinajstić information content (AvgIpc) is 2.88. The van der Waals surface area contributed by atoms with Gasteiger partial charge in [-0.1, -0.05) is 25.1 Å². The molecule has 2 heterocycles. The van der Waals surface area contributed by atoms with E-state index in [4.69, 9.17) is 4.74 Å². The molecule has 5 atom stereocenters. The number of allylic oxidation sites excluding steroid dienone is 1. The molecule has 1 aliphatic heterocycles. The lowest BCUT2D eigenvalue weighted by Crippen LogP contribution is -2.45. The molecule has 25 heavy (non-hydrogen) atoms. The van der Waals surface area contributed by atoms with E-state index in [9.17, 15) is 4.79 Å². The summed E-state index contributed by atoms with van der Waals surface area (Å²) in [5.41, 5.74) is 2.67. The molecule has 0 amide bonds. The maximum atomic E-state index is 12.5. The highest BCUT2D eigenvalue weighted by molar-refractivity contribution is 5.75. The zero-order chi connectivity index (χ0) is 17.4. The van der Waals surface area contributed by atoms with Crippen LogP contribution in [0.15, 0.2) is 36.5 Å². The highest BCUT2D eigenvalue weighted by atomic mass is 16.6. The number of esters is 1. The number of carbonyl (C=O) groups excluding carboxylic acids is 1. The molecule has 4 heteroatoms. The van der Waals surface area contributed by atoms with Crippen molar-refractivity contribution in [3.8, 4) is 0 Å². The topological polar surface area (TPSA) is 51.2 Å². The first-order valence-electron chi connectivity index (χ1n) is 9.55. The van der Waals surface area contributed by atoms with E-state index in [0.717, 1.165) is 25.0 Å². The van der Waals surface area contributed by atoms with Crippen LogP contribution in [0.25, 0.3) is 0 Å². The third kappa shape index (κ3) is 3.12. The lowest BCUT2D eigenvalue weighted by Gasteiger charge is -2.50. The lowest BCUT2D eigenvalue weighted by molar-refractivity contribution is -0.146. The third-order valence-electron chi connectivity index (χ3n) is 6.72. The molecule has 3 aliphatic rings. The molecule has 0 aromatic carbocycles. The molecular formula is C21H28N2O2. The maximum absolute atomic E-state index is 12.5. The minimum Gasteiger partial charge on any atom is -0.462 e. The standard InChI is InChI=1S/C21H28N2O2/c1-14-6-5-8-21(2)11-19-16(10-18(14)21)17(20(24)25-19)13-22-12-15-7-3-4-9-23-15/h3-4,7,9,16-19,22H,1,5-6,8,10-13H2,2H3/t16-,17+,18+,19-,21-/m1/s1. The van der Waals surface area contributed by atoms with Gasteiger partial charge >= 0.3 is 5.97 Å². The summed E-state index contributed by atoms with van der Waals surface area (Å²) < 4.78 is 5.81. The van der Waals surface area contributed by atoms with Crippen molar-refractivity contribution in [1.82, 2.24) is 10.3 Å². The van der Waals surface area contributed by atoms with Gasteiger partial charge in [0.25, 0.3) is 0 Å². The van der Waals surface area contributed by atoms with Crippen molar-refractivity contribution in [2.75, 3.05) is 6.54 Å². The Morgan fingerprint density at radius 3 is 3.12 bits per heavy atom. The fraction of sp³-hybridized carbons (Fsp3) is 0.619. The minimum atomic E-state index is -0.0343. The molecule has 4 nitrogen and oxygen atoms in total. The van der Waals surface area contributed by atoms with Crippen molar-refractivity contribution in [3.05, 3.63) is 42.2 Å². The Bertz CT molecular complexity index is 659. The second kappa shape index (κ2) is 6.56. The predicted octanol–water partition coefficient (Wildman–Crippen LogP) is 3.49. The van der Waals surface area contributed by atoms with Gasteiger partial charge in [-0.3, -0.25) is 9.78 Å². The van der Waals surface area contributed by atoms with Crippen molar-refractivity contribution in [3.63, 3.8) is 0 Å². The Morgan fingerprint density at radius 1 is 1.44 bits per heavy atom. The summed E-state index contributed by atoms with van der Waals surface area (Å²) >= 11 is 0. The smallest absolute Gasteiger partial charge is 0.310 e. The molecule has 0 radical (unpaired) electrons. The average molecular weight is 340 g/mol. The van der Waals surface area contributed by atoms with Crippen LogP contribution in [0.1, 0.15) is 44.7 Å². The first-order chi connectivity index (χ1) is 12.1. The van der Waals surface area contributed by atoms with Crippen LogP contribution in [0, 0.1) is 23.2 Å². The highest BCUT2D eigenvalue weighted by Crippen LogP contribution is 2.56. The number of nitrogens with zero attached hydrogens (tertiary/aromatic N) is 1. The number of carbonyl (C=O) groups is 1. The van der Waals surface area contributed by atoms with Gasteiger partial charge in [0.05, 0.1) is 11.6 Å². The normalized spacial score (nSPS) is 37.3. The van der Waals surface area contributed by atoms with Crippen molar-refractivity contribution >= 4 is 5.97 Å². The van der Waals surface area contributed by atoms with Gasteiger partial charge in [-0.05, 0) is 55.6 Å². The number of aromatic nitrogens is 1. The number of nitrogens with one attached hydrogen (secondary N) is 1. The quantitative estimate of drug-likeness (QED) is 0.673. The Hall–Kier alpha value is -1.68. The van der Waals surface area contributed by atoms with Crippen LogP contribution in [-0.2, 0) is 16.1 Å². The van der Waals surface area contributed by atoms with Crippen LogP contribution in [0.3, 0.4) is 0 Å².